The monoisotopic (exact) mass is 746 g/mol. The molecule has 266 valence electrons. The van der Waals surface area contributed by atoms with E-state index in [-0.39, 0.29) is 0 Å². The summed E-state index contributed by atoms with van der Waals surface area (Å²) in [6.07, 6.45) is 0. The Labute approximate surface area is 330 Å². The summed E-state index contributed by atoms with van der Waals surface area (Å²) in [5, 5.41) is 6.92. The smallest absolute Gasteiger partial charge is 0.166 e. The summed E-state index contributed by atoms with van der Waals surface area (Å²) >= 11 is 1.79. The molecule has 12 aromatic rings. The van der Waals surface area contributed by atoms with Crippen molar-refractivity contribution in [2.45, 2.75) is 0 Å². The molecular weight excluding hydrogens is 717 g/mol. The number of thiophene rings is 1. The van der Waals surface area contributed by atoms with Crippen molar-refractivity contribution in [2.24, 2.45) is 0 Å². The number of fused-ring (bicyclic) bond motifs is 10. The Hall–Kier alpha value is -7.41. The number of benzene rings is 8. The number of nitrogens with zero attached hydrogens (tertiary/aromatic N) is 4. The minimum Gasteiger partial charge on any atom is -0.453 e. The second kappa shape index (κ2) is 12.6. The fraction of sp³-hybridized carbons (Fsp3) is 0. The molecule has 0 fully saturated rings. The first-order valence-electron chi connectivity index (χ1n) is 19.0. The summed E-state index contributed by atoms with van der Waals surface area (Å²) in [6, 6.07) is 63.6. The molecule has 0 aliphatic carbocycles. The average molecular weight is 747 g/mol. The molecule has 4 aromatic heterocycles. The van der Waals surface area contributed by atoms with E-state index < -0.39 is 0 Å². The van der Waals surface area contributed by atoms with Crippen molar-refractivity contribution in [1.29, 1.82) is 0 Å². The molecule has 0 N–H and O–H groups in total. The Kier molecular flexibility index (Phi) is 7.03. The quantitative estimate of drug-likeness (QED) is 0.176. The third-order valence-corrected chi connectivity index (χ3v) is 12.2. The molecule has 0 unspecified atom stereocenters. The van der Waals surface area contributed by atoms with Gasteiger partial charge >= 0.3 is 0 Å². The van der Waals surface area contributed by atoms with E-state index in [1.54, 1.807) is 11.3 Å². The Bertz CT molecular complexity index is 3530. The van der Waals surface area contributed by atoms with Gasteiger partial charge in [0.25, 0.3) is 0 Å². The number of para-hydroxylation sites is 3. The molecule has 0 spiro atoms. The largest absolute Gasteiger partial charge is 0.453 e. The molecule has 8 aromatic carbocycles. The van der Waals surface area contributed by atoms with E-state index in [1.807, 2.05) is 24.3 Å². The van der Waals surface area contributed by atoms with Gasteiger partial charge in [0.2, 0.25) is 0 Å². The van der Waals surface area contributed by atoms with Gasteiger partial charge < -0.3 is 8.98 Å². The third kappa shape index (κ3) is 4.98. The maximum atomic E-state index is 7.04. The van der Waals surface area contributed by atoms with Gasteiger partial charge in [0, 0.05) is 64.0 Å². The van der Waals surface area contributed by atoms with E-state index in [0.29, 0.717) is 17.5 Å². The highest BCUT2D eigenvalue weighted by molar-refractivity contribution is 7.25. The van der Waals surface area contributed by atoms with E-state index in [4.69, 9.17) is 19.4 Å². The van der Waals surface area contributed by atoms with Crippen LogP contribution in [0.1, 0.15) is 0 Å². The lowest BCUT2D eigenvalue weighted by molar-refractivity contribution is 0.672. The van der Waals surface area contributed by atoms with Crippen LogP contribution in [0.5, 0.6) is 0 Å². The Balaban J connectivity index is 1.12. The van der Waals surface area contributed by atoms with Crippen LogP contribution < -0.4 is 0 Å². The van der Waals surface area contributed by atoms with Crippen LogP contribution in [0, 0.1) is 0 Å². The van der Waals surface area contributed by atoms with E-state index in [9.17, 15) is 0 Å². The standard InChI is InChI=1S/C51H30N4OS/c1-3-14-31(15-4-1)34-21-13-22-39-40-29-28-38-35-18-7-10-23-42(35)55(46(38)48(40)56-47(34)39)43-24-11-8-20-41(43)51-53-49(32-16-5-2-6-17-32)52-50(54-51)33-26-27-37-36-19-9-12-25-44(36)57-45(37)30-33/h1-30H. The van der Waals surface area contributed by atoms with Crippen molar-refractivity contribution in [3.63, 3.8) is 0 Å². The maximum Gasteiger partial charge on any atom is 0.166 e. The Morgan fingerprint density at radius 1 is 0.386 bits per heavy atom. The first-order valence-corrected chi connectivity index (χ1v) is 19.8. The summed E-state index contributed by atoms with van der Waals surface area (Å²) in [5.74, 6) is 1.85. The van der Waals surface area contributed by atoms with Gasteiger partial charge in [-0.2, -0.15) is 0 Å². The molecule has 0 aliphatic heterocycles. The highest BCUT2D eigenvalue weighted by atomic mass is 32.1. The van der Waals surface area contributed by atoms with Crippen molar-refractivity contribution in [3.05, 3.63) is 182 Å². The number of aromatic nitrogens is 4. The molecule has 0 amide bonds. The molecule has 0 aliphatic rings. The van der Waals surface area contributed by atoms with Crippen molar-refractivity contribution < 1.29 is 4.42 Å². The lowest BCUT2D eigenvalue weighted by atomic mass is 10.0. The number of rotatable bonds is 5. The molecule has 0 radical (unpaired) electrons. The van der Waals surface area contributed by atoms with Crippen molar-refractivity contribution in [3.8, 4) is 51.0 Å². The van der Waals surface area contributed by atoms with Gasteiger partial charge in [-0.3, -0.25) is 0 Å². The van der Waals surface area contributed by atoms with E-state index in [2.05, 4.69) is 162 Å². The highest BCUT2D eigenvalue weighted by Gasteiger charge is 2.23. The molecule has 4 heterocycles. The van der Waals surface area contributed by atoms with Crippen molar-refractivity contribution in [2.75, 3.05) is 0 Å². The van der Waals surface area contributed by atoms with Crippen LogP contribution in [0.4, 0.5) is 0 Å². The molecule has 57 heavy (non-hydrogen) atoms. The molecule has 0 bridgehead atoms. The van der Waals surface area contributed by atoms with Gasteiger partial charge in [-0.15, -0.1) is 11.3 Å². The lowest BCUT2D eigenvalue weighted by Crippen LogP contribution is -2.03. The van der Waals surface area contributed by atoms with Gasteiger partial charge in [0.1, 0.15) is 5.58 Å². The molecule has 0 atom stereocenters. The van der Waals surface area contributed by atoms with Crippen LogP contribution in [0.15, 0.2) is 186 Å². The predicted molar refractivity (Wildman–Crippen MR) is 236 cm³/mol. The Morgan fingerprint density at radius 3 is 1.84 bits per heavy atom. The van der Waals surface area contributed by atoms with Gasteiger partial charge in [-0.1, -0.05) is 146 Å². The van der Waals surface area contributed by atoms with E-state index in [1.165, 1.54) is 20.2 Å². The minimum atomic E-state index is 0.597. The normalized spacial score (nSPS) is 11.9. The zero-order valence-electron chi connectivity index (χ0n) is 30.4. The summed E-state index contributed by atoms with van der Waals surface area (Å²) in [6.45, 7) is 0. The van der Waals surface area contributed by atoms with Gasteiger partial charge in [-0.05, 0) is 42.0 Å². The van der Waals surface area contributed by atoms with Crippen LogP contribution in [0.2, 0.25) is 0 Å². The highest BCUT2D eigenvalue weighted by Crippen LogP contribution is 2.44. The zero-order chi connectivity index (χ0) is 37.5. The van der Waals surface area contributed by atoms with Crippen molar-refractivity contribution >= 4 is 75.3 Å². The summed E-state index contributed by atoms with van der Waals surface area (Å²) in [5.41, 5.74) is 9.71. The minimum absolute atomic E-state index is 0.597. The Morgan fingerprint density at radius 2 is 0.982 bits per heavy atom. The molecular formula is C51H30N4OS. The number of hydrogen-bond acceptors (Lipinski definition) is 5. The van der Waals surface area contributed by atoms with Crippen LogP contribution in [0.3, 0.4) is 0 Å². The fourth-order valence-corrected chi connectivity index (χ4v) is 9.61. The van der Waals surface area contributed by atoms with Gasteiger partial charge in [-0.25, -0.2) is 15.0 Å². The first-order chi connectivity index (χ1) is 28.3. The van der Waals surface area contributed by atoms with E-state index in [0.717, 1.165) is 77.2 Å². The summed E-state index contributed by atoms with van der Waals surface area (Å²) in [4.78, 5) is 15.6. The fourth-order valence-electron chi connectivity index (χ4n) is 8.46. The lowest BCUT2D eigenvalue weighted by Gasteiger charge is -2.14. The van der Waals surface area contributed by atoms with Crippen LogP contribution >= 0.6 is 11.3 Å². The topological polar surface area (TPSA) is 56.7 Å². The molecule has 0 saturated carbocycles. The van der Waals surface area contributed by atoms with Crippen LogP contribution in [0.25, 0.3) is 115 Å². The number of hydrogen-bond donors (Lipinski definition) is 0. The zero-order valence-corrected chi connectivity index (χ0v) is 31.2. The second-order valence-electron chi connectivity index (χ2n) is 14.3. The first kappa shape index (κ1) is 31.9. The molecule has 12 rings (SSSR count). The predicted octanol–water partition coefficient (Wildman–Crippen LogP) is 13.9. The maximum absolute atomic E-state index is 7.04. The SMILES string of the molecule is c1ccc(-c2nc(-c3ccc4c(c3)sc3ccccc34)nc(-c3ccccc3-n3c4ccccc4c4ccc5c6cccc(-c7ccccc7)c6oc5c43)n2)cc1. The molecule has 6 heteroatoms. The average Bonchev–Trinajstić information content (AvgIpc) is 3.96. The summed E-state index contributed by atoms with van der Waals surface area (Å²) in [7, 11) is 0. The third-order valence-electron chi connectivity index (χ3n) is 11.1. The van der Waals surface area contributed by atoms with Gasteiger partial charge in [0.15, 0.2) is 23.1 Å². The summed E-state index contributed by atoms with van der Waals surface area (Å²) < 4.78 is 11.8. The molecule has 0 saturated heterocycles. The number of furan rings is 1. The van der Waals surface area contributed by atoms with Crippen LogP contribution in [-0.2, 0) is 0 Å². The molecule has 5 nitrogen and oxygen atoms in total. The van der Waals surface area contributed by atoms with Gasteiger partial charge in [0.05, 0.1) is 16.7 Å². The van der Waals surface area contributed by atoms with Crippen molar-refractivity contribution in [1.82, 2.24) is 19.5 Å². The second-order valence-corrected chi connectivity index (χ2v) is 15.4. The van der Waals surface area contributed by atoms with Crippen LogP contribution in [-0.4, -0.2) is 19.5 Å². The van der Waals surface area contributed by atoms with E-state index >= 15 is 0 Å².